The minimum atomic E-state index is -0.215. The molecule has 3 heterocycles. The van der Waals surface area contributed by atoms with E-state index in [9.17, 15) is 4.79 Å². The fourth-order valence-corrected chi connectivity index (χ4v) is 3.31. The maximum absolute atomic E-state index is 12.1. The van der Waals surface area contributed by atoms with E-state index in [1.807, 2.05) is 31.3 Å². The topological polar surface area (TPSA) is 70.2 Å². The lowest BCUT2D eigenvalue weighted by Crippen LogP contribution is -2.35. The standard InChI is InChI=1S/C18H23N5O/c1-13-5-8-20-16(10-13)22-18(24)21-12-15-6-9-23(2)17(15)14-4-3-7-19-11-14/h3-5,7-8,10-11,15,17H,6,9,12H2,1-2H3,(H2,20,21,22,24)/t15-,17-/m0/s1. The summed E-state index contributed by atoms with van der Waals surface area (Å²) in [4.78, 5) is 22.8. The quantitative estimate of drug-likeness (QED) is 0.906. The number of pyridine rings is 2. The Labute approximate surface area is 142 Å². The van der Waals surface area contributed by atoms with Crippen molar-refractivity contribution in [3.63, 3.8) is 0 Å². The van der Waals surface area contributed by atoms with Gasteiger partial charge in [0.25, 0.3) is 0 Å². The molecule has 1 aliphatic rings. The second kappa shape index (κ2) is 7.40. The van der Waals surface area contributed by atoms with Crippen LogP contribution in [0.25, 0.3) is 0 Å². The van der Waals surface area contributed by atoms with Crippen molar-refractivity contribution in [3.05, 3.63) is 54.0 Å². The number of rotatable bonds is 4. The predicted octanol–water partition coefficient (Wildman–Crippen LogP) is 2.60. The number of aryl methyl sites for hydroxylation is 1. The monoisotopic (exact) mass is 325 g/mol. The molecule has 3 rings (SSSR count). The van der Waals surface area contributed by atoms with Crippen molar-refractivity contribution >= 4 is 11.8 Å². The number of aromatic nitrogens is 2. The van der Waals surface area contributed by atoms with Crippen LogP contribution in [0.5, 0.6) is 0 Å². The van der Waals surface area contributed by atoms with E-state index in [2.05, 4.69) is 38.6 Å². The van der Waals surface area contributed by atoms with Crippen LogP contribution in [0.3, 0.4) is 0 Å². The van der Waals surface area contributed by atoms with Crippen LogP contribution in [0.2, 0.25) is 0 Å². The van der Waals surface area contributed by atoms with Crippen LogP contribution < -0.4 is 10.6 Å². The van der Waals surface area contributed by atoms with Crippen molar-refractivity contribution in [3.8, 4) is 0 Å². The number of carbonyl (C=O) groups is 1. The minimum Gasteiger partial charge on any atom is -0.337 e. The van der Waals surface area contributed by atoms with Gasteiger partial charge in [-0.05, 0) is 62.2 Å². The number of nitrogens with zero attached hydrogens (tertiary/aromatic N) is 3. The average molecular weight is 325 g/mol. The van der Waals surface area contributed by atoms with Gasteiger partial charge in [0, 0.05) is 31.2 Å². The van der Waals surface area contributed by atoms with Crippen LogP contribution in [0, 0.1) is 12.8 Å². The summed E-state index contributed by atoms with van der Waals surface area (Å²) < 4.78 is 0. The number of hydrogen-bond acceptors (Lipinski definition) is 4. The van der Waals surface area contributed by atoms with E-state index in [0.29, 0.717) is 18.3 Å². The highest BCUT2D eigenvalue weighted by Gasteiger charge is 2.33. The molecule has 2 N–H and O–H groups in total. The number of hydrogen-bond donors (Lipinski definition) is 2. The predicted molar refractivity (Wildman–Crippen MR) is 93.7 cm³/mol. The Bertz CT molecular complexity index is 691. The van der Waals surface area contributed by atoms with Gasteiger partial charge in [0.1, 0.15) is 5.82 Å². The lowest BCUT2D eigenvalue weighted by Gasteiger charge is -2.25. The Kier molecular flexibility index (Phi) is 5.05. The third kappa shape index (κ3) is 3.89. The third-order valence-corrected chi connectivity index (χ3v) is 4.48. The van der Waals surface area contributed by atoms with Crippen molar-refractivity contribution in [2.24, 2.45) is 5.92 Å². The highest BCUT2D eigenvalue weighted by molar-refractivity contribution is 5.88. The van der Waals surface area contributed by atoms with E-state index >= 15 is 0 Å². The summed E-state index contributed by atoms with van der Waals surface area (Å²) in [5, 5.41) is 5.76. The summed E-state index contributed by atoms with van der Waals surface area (Å²) in [5.74, 6) is 0.940. The number of likely N-dealkylation sites (tertiary alicyclic amines) is 1. The molecule has 0 aliphatic carbocycles. The molecule has 0 saturated carbocycles. The molecule has 6 nitrogen and oxygen atoms in total. The Hall–Kier alpha value is -2.47. The first-order valence-electron chi connectivity index (χ1n) is 8.21. The van der Waals surface area contributed by atoms with Crippen LogP contribution in [-0.2, 0) is 0 Å². The molecule has 1 saturated heterocycles. The molecule has 2 aromatic rings. The number of nitrogens with one attached hydrogen (secondary N) is 2. The van der Waals surface area contributed by atoms with Crippen molar-refractivity contribution in [1.29, 1.82) is 0 Å². The second-order valence-electron chi connectivity index (χ2n) is 6.31. The summed E-state index contributed by atoms with van der Waals surface area (Å²) in [5.41, 5.74) is 2.26. The Morgan fingerprint density at radius 1 is 1.38 bits per heavy atom. The van der Waals surface area contributed by atoms with E-state index in [1.165, 1.54) is 5.56 Å². The summed E-state index contributed by atoms with van der Waals surface area (Å²) in [6.45, 7) is 3.62. The van der Waals surface area contributed by atoms with Gasteiger partial charge in [-0.25, -0.2) is 9.78 Å². The molecule has 6 heteroatoms. The van der Waals surface area contributed by atoms with E-state index in [1.54, 1.807) is 12.4 Å². The van der Waals surface area contributed by atoms with Crippen molar-refractivity contribution in [1.82, 2.24) is 20.2 Å². The number of anilines is 1. The lowest BCUT2D eigenvalue weighted by atomic mass is 9.95. The van der Waals surface area contributed by atoms with Crippen LogP contribution >= 0.6 is 0 Å². The molecule has 0 bridgehead atoms. The zero-order chi connectivity index (χ0) is 16.9. The molecule has 0 spiro atoms. The van der Waals surface area contributed by atoms with E-state index in [0.717, 1.165) is 18.5 Å². The van der Waals surface area contributed by atoms with Crippen molar-refractivity contribution < 1.29 is 4.79 Å². The maximum atomic E-state index is 12.1. The van der Waals surface area contributed by atoms with Gasteiger partial charge in [-0.2, -0.15) is 0 Å². The second-order valence-corrected chi connectivity index (χ2v) is 6.31. The molecule has 126 valence electrons. The molecule has 24 heavy (non-hydrogen) atoms. The molecule has 2 aromatic heterocycles. The molecule has 0 unspecified atom stereocenters. The van der Waals surface area contributed by atoms with Gasteiger partial charge < -0.3 is 5.32 Å². The summed E-state index contributed by atoms with van der Waals surface area (Å²) in [6, 6.07) is 7.88. The van der Waals surface area contributed by atoms with Crippen LogP contribution in [0.4, 0.5) is 10.6 Å². The smallest absolute Gasteiger partial charge is 0.320 e. The zero-order valence-corrected chi connectivity index (χ0v) is 14.1. The lowest BCUT2D eigenvalue weighted by molar-refractivity contribution is 0.243. The molecule has 1 fully saturated rings. The molecule has 2 amide bonds. The highest BCUT2D eigenvalue weighted by atomic mass is 16.2. The van der Waals surface area contributed by atoms with Crippen LogP contribution in [0.15, 0.2) is 42.9 Å². The van der Waals surface area contributed by atoms with Crippen LogP contribution in [0.1, 0.15) is 23.6 Å². The van der Waals surface area contributed by atoms with Gasteiger partial charge in [0.15, 0.2) is 0 Å². The fraction of sp³-hybridized carbons (Fsp3) is 0.389. The SMILES string of the molecule is Cc1ccnc(NC(=O)NC[C@@H]2CCN(C)[C@H]2c2cccnc2)c1. The average Bonchev–Trinajstić information content (AvgIpc) is 2.94. The first-order chi connectivity index (χ1) is 11.6. The van der Waals surface area contributed by atoms with Gasteiger partial charge in [-0.1, -0.05) is 6.07 Å². The van der Waals surface area contributed by atoms with E-state index in [-0.39, 0.29) is 12.1 Å². The van der Waals surface area contributed by atoms with Gasteiger partial charge in [-0.3, -0.25) is 15.2 Å². The molecular formula is C18H23N5O. The Morgan fingerprint density at radius 3 is 3.00 bits per heavy atom. The summed E-state index contributed by atoms with van der Waals surface area (Å²) in [7, 11) is 2.12. The largest absolute Gasteiger partial charge is 0.337 e. The first-order valence-corrected chi connectivity index (χ1v) is 8.21. The molecule has 0 aromatic carbocycles. The minimum absolute atomic E-state index is 0.215. The summed E-state index contributed by atoms with van der Waals surface area (Å²) in [6.07, 6.45) is 6.44. The number of carbonyl (C=O) groups excluding carboxylic acids is 1. The first kappa shape index (κ1) is 16.4. The molecule has 1 aliphatic heterocycles. The Balaban J connectivity index is 1.58. The normalized spacial score (nSPS) is 20.8. The van der Waals surface area contributed by atoms with Crippen molar-refractivity contribution in [2.45, 2.75) is 19.4 Å². The number of amides is 2. The summed E-state index contributed by atoms with van der Waals surface area (Å²) >= 11 is 0. The zero-order valence-electron chi connectivity index (χ0n) is 14.1. The molecule has 2 atom stereocenters. The molecular weight excluding hydrogens is 302 g/mol. The Morgan fingerprint density at radius 2 is 2.25 bits per heavy atom. The van der Waals surface area contributed by atoms with Gasteiger partial charge in [-0.15, -0.1) is 0 Å². The fourth-order valence-electron chi connectivity index (χ4n) is 3.31. The van der Waals surface area contributed by atoms with Crippen molar-refractivity contribution in [2.75, 3.05) is 25.5 Å². The van der Waals surface area contributed by atoms with E-state index in [4.69, 9.17) is 0 Å². The van der Waals surface area contributed by atoms with Gasteiger partial charge in [0.05, 0.1) is 0 Å². The third-order valence-electron chi connectivity index (χ3n) is 4.48. The van der Waals surface area contributed by atoms with Gasteiger partial charge >= 0.3 is 6.03 Å². The van der Waals surface area contributed by atoms with E-state index < -0.39 is 0 Å². The number of urea groups is 1. The van der Waals surface area contributed by atoms with Gasteiger partial charge in [0.2, 0.25) is 0 Å². The highest BCUT2D eigenvalue weighted by Crippen LogP contribution is 2.35. The van der Waals surface area contributed by atoms with Crippen LogP contribution in [-0.4, -0.2) is 41.0 Å². The maximum Gasteiger partial charge on any atom is 0.320 e. The molecule has 0 radical (unpaired) electrons.